The highest BCUT2D eigenvalue weighted by Gasteiger charge is 2.14. The third-order valence-electron chi connectivity index (χ3n) is 5.10. The standard InChI is InChI=1S/C24H27BrIN3O3/c1-5-7-8-22-28-20-10-9-17(25)13-18(20)24(30)29(22)27-14-16-11-19(26)23(21(12-16)31-4)32-15(3)6-2/h9-15H,5-8H2,1-4H3/t15-/m1/s1. The van der Waals surface area contributed by atoms with Crippen LogP contribution in [0.25, 0.3) is 10.9 Å². The second kappa shape index (κ2) is 11.3. The summed E-state index contributed by atoms with van der Waals surface area (Å²) >= 11 is 5.67. The summed E-state index contributed by atoms with van der Waals surface area (Å²) in [5.41, 5.74) is 1.31. The molecule has 0 spiro atoms. The van der Waals surface area contributed by atoms with Crippen LogP contribution in [0, 0.1) is 3.57 Å². The maximum atomic E-state index is 13.2. The molecule has 32 heavy (non-hydrogen) atoms. The van der Waals surface area contributed by atoms with Crippen LogP contribution in [0.15, 0.2) is 44.7 Å². The molecule has 2 aromatic carbocycles. The molecular weight excluding hydrogens is 585 g/mol. The highest BCUT2D eigenvalue weighted by atomic mass is 127. The zero-order valence-electron chi connectivity index (χ0n) is 18.7. The van der Waals surface area contributed by atoms with Gasteiger partial charge in [-0.15, -0.1) is 0 Å². The van der Waals surface area contributed by atoms with E-state index in [2.05, 4.69) is 57.5 Å². The van der Waals surface area contributed by atoms with Crippen molar-refractivity contribution in [1.29, 1.82) is 0 Å². The molecule has 170 valence electrons. The molecule has 0 amide bonds. The molecule has 8 heteroatoms. The van der Waals surface area contributed by atoms with E-state index in [0.717, 1.165) is 38.6 Å². The third-order valence-corrected chi connectivity index (χ3v) is 6.39. The van der Waals surface area contributed by atoms with Crippen LogP contribution >= 0.6 is 38.5 Å². The summed E-state index contributed by atoms with van der Waals surface area (Å²) in [4.78, 5) is 17.9. The van der Waals surface area contributed by atoms with Crippen LogP contribution in [-0.2, 0) is 6.42 Å². The summed E-state index contributed by atoms with van der Waals surface area (Å²) in [5.74, 6) is 2.01. The number of ether oxygens (including phenoxy) is 2. The maximum absolute atomic E-state index is 13.2. The van der Waals surface area contributed by atoms with Crippen molar-refractivity contribution in [2.24, 2.45) is 5.10 Å². The Hall–Kier alpha value is -1.94. The van der Waals surface area contributed by atoms with Gasteiger partial charge in [-0.2, -0.15) is 9.78 Å². The first-order valence-corrected chi connectivity index (χ1v) is 12.5. The number of rotatable bonds is 9. The second-order valence-corrected chi connectivity index (χ2v) is 9.60. The van der Waals surface area contributed by atoms with Crippen LogP contribution in [0.4, 0.5) is 0 Å². The molecule has 1 heterocycles. The van der Waals surface area contributed by atoms with Crippen molar-refractivity contribution >= 4 is 55.6 Å². The monoisotopic (exact) mass is 611 g/mol. The molecule has 0 N–H and O–H groups in total. The van der Waals surface area contributed by atoms with E-state index < -0.39 is 0 Å². The molecule has 0 aliphatic rings. The minimum atomic E-state index is -0.183. The van der Waals surface area contributed by atoms with Gasteiger partial charge in [-0.1, -0.05) is 36.2 Å². The highest BCUT2D eigenvalue weighted by molar-refractivity contribution is 14.1. The van der Waals surface area contributed by atoms with E-state index in [4.69, 9.17) is 14.5 Å². The number of aryl methyl sites for hydroxylation is 1. The van der Waals surface area contributed by atoms with Gasteiger partial charge in [0.05, 0.1) is 33.9 Å². The van der Waals surface area contributed by atoms with Gasteiger partial charge in [-0.25, -0.2) is 4.98 Å². The van der Waals surface area contributed by atoms with E-state index in [9.17, 15) is 4.79 Å². The van der Waals surface area contributed by atoms with E-state index in [1.54, 1.807) is 19.4 Å². The molecule has 3 rings (SSSR count). The first kappa shape index (κ1) is 24.7. The Morgan fingerprint density at radius 1 is 1.28 bits per heavy atom. The zero-order valence-corrected chi connectivity index (χ0v) is 22.4. The van der Waals surface area contributed by atoms with Crippen molar-refractivity contribution in [3.05, 3.63) is 60.1 Å². The normalized spacial score (nSPS) is 12.4. The number of halogens is 2. The van der Waals surface area contributed by atoms with Gasteiger partial charge in [-0.05, 0) is 78.3 Å². The van der Waals surface area contributed by atoms with Crippen molar-refractivity contribution < 1.29 is 9.47 Å². The van der Waals surface area contributed by atoms with E-state index in [-0.39, 0.29) is 11.7 Å². The fraction of sp³-hybridized carbons (Fsp3) is 0.375. The van der Waals surface area contributed by atoms with Crippen LogP contribution in [0.2, 0.25) is 0 Å². The Labute approximate surface area is 210 Å². The molecule has 1 atom stereocenters. The number of nitrogens with zero attached hydrogens (tertiary/aromatic N) is 3. The van der Waals surface area contributed by atoms with Crippen LogP contribution in [0.3, 0.4) is 0 Å². The van der Waals surface area contributed by atoms with Gasteiger partial charge < -0.3 is 9.47 Å². The first-order chi connectivity index (χ1) is 15.4. The number of hydrogen-bond acceptors (Lipinski definition) is 5. The van der Waals surface area contributed by atoms with Crippen molar-refractivity contribution in [2.75, 3.05) is 7.11 Å². The summed E-state index contributed by atoms with van der Waals surface area (Å²) in [7, 11) is 1.62. The average molecular weight is 612 g/mol. The average Bonchev–Trinajstić information content (AvgIpc) is 2.78. The Balaban J connectivity index is 2.06. The summed E-state index contributed by atoms with van der Waals surface area (Å²) in [6, 6.07) is 9.36. The van der Waals surface area contributed by atoms with Crippen LogP contribution in [-0.4, -0.2) is 29.1 Å². The van der Waals surface area contributed by atoms with Crippen molar-refractivity contribution in [2.45, 2.75) is 52.6 Å². The molecule has 3 aromatic rings. The number of fused-ring (bicyclic) bond motifs is 1. The van der Waals surface area contributed by atoms with Gasteiger partial charge in [0.15, 0.2) is 11.5 Å². The van der Waals surface area contributed by atoms with Gasteiger partial charge in [-0.3, -0.25) is 4.79 Å². The van der Waals surface area contributed by atoms with E-state index in [0.29, 0.717) is 28.9 Å². The topological polar surface area (TPSA) is 65.7 Å². The van der Waals surface area contributed by atoms with E-state index in [1.807, 2.05) is 31.2 Å². The van der Waals surface area contributed by atoms with Crippen LogP contribution in [0.1, 0.15) is 51.4 Å². The van der Waals surface area contributed by atoms with Crippen LogP contribution in [0.5, 0.6) is 11.5 Å². The molecule has 1 aromatic heterocycles. The first-order valence-electron chi connectivity index (χ1n) is 10.7. The lowest BCUT2D eigenvalue weighted by atomic mass is 10.2. The van der Waals surface area contributed by atoms with E-state index in [1.165, 1.54) is 4.68 Å². The molecule has 0 saturated heterocycles. The van der Waals surface area contributed by atoms with Crippen molar-refractivity contribution in [3.63, 3.8) is 0 Å². The number of unbranched alkanes of at least 4 members (excludes halogenated alkanes) is 1. The number of hydrogen-bond donors (Lipinski definition) is 0. The minimum absolute atomic E-state index is 0.0830. The lowest BCUT2D eigenvalue weighted by Crippen LogP contribution is -2.22. The Bertz CT molecular complexity index is 1190. The molecule has 6 nitrogen and oxygen atoms in total. The molecule has 0 unspecified atom stereocenters. The predicted molar refractivity (Wildman–Crippen MR) is 141 cm³/mol. The summed E-state index contributed by atoms with van der Waals surface area (Å²) in [6.45, 7) is 6.22. The smallest absolute Gasteiger partial charge is 0.282 e. The Morgan fingerprint density at radius 2 is 2.06 bits per heavy atom. The van der Waals surface area contributed by atoms with Crippen LogP contribution < -0.4 is 15.0 Å². The minimum Gasteiger partial charge on any atom is -0.493 e. The summed E-state index contributed by atoms with van der Waals surface area (Å²) in [5, 5.41) is 5.06. The lowest BCUT2D eigenvalue weighted by molar-refractivity contribution is 0.206. The summed E-state index contributed by atoms with van der Waals surface area (Å²) < 4.78 is 14.7. The number of benzene rings is 2. The molecular formula is C24H27BrIN3O3. The second-order valence-electron chi connectivity index (χ2n) is 7.53. The number of aromatic nitrogens is 2. The van der Waals surface area contributed by atoms with Gasteiger partial charge in [0, 0.05) is 10.9 Å². The fourth-order valence-electron chi connectivity index (χ4n) is 3.15. The van der Waals surface area contributed by atoms with Crippen molar-refractivity contribution in [1.82, 2.24) is 9.66 Å². The molecule has 0 aliphatic carbocycles. The Morgan fingerprint density at radius 3 is 2.75 bits per heavy atom. The van der Waals surface area contributed by atoms with Gasteiger partial charge in [0.25, 0.3) is 5.56 Å². The molecule has 0 radical (unpaired) electrons. The van der Waals surface area contributed by atoms with Crippen molar-refractivity contribution in [3.8, 4) is 11.5 Å². The summed E-state index contributed by atoms with van der Waals surface area (Å²) in [6.07, 6.45) is 5.26. The van der Waals surface area contributed by atoms with Gasteiger partial charge >= 0.3 is 0 Å². The largest absolute Gasteiger partial charge is 0.493 e. The molecule has 0 aliphatic heterocycles. The Kier molecular flexibility index (Phi) is 8.70. The third kappa shape index (κ3) is 5.70. The maximum Gasteiger partial charge on any atom is 0.282 e. The molecule has 0 fully saturated rings. The van der Waals surface area contributed by atoms with E-state index >= 15 is 0 Å². The highest BCUT2D eigenvalue weighted by Crippen LogP contribution is 2.34. The fourth-order valence-corrected chi connectivity index (χ4v) is 4.26. The SMILES string of the molecule is CCCCc1nc2ccc(Br)cc2c(=O)n1N=Cc1cc(I)c(O[C@H](C)CC)c(OC)c1. The zero-order chi connectivity index (χ0) is 23.3. The molecule has 0 bridgehead atoms. The lowest BCUT2D eigenvalue weighted by Gasteiger charge is -2.17. The van der Waals surface area contributed by atoms with Gasteiger partial charge in [0.2, 0.25) is 0 Å². The quantitative estimate of drug-likeness (QED) is 0.214. The van der Waals surface area contributed by atoms with Gasteiger partial charge in [0.1, 0.15) is 5.82 Å². The predicted octanol–water partition coefficient (Wildman–Crippen LogP) is 6.17. The number of methoxy groups -OCH3 is 1. The molecule has 0 saturated carbocycles.